The van der Waals surface area contributed by atoms with Crippen LogP contribution in [0.1, 0.15) is 0 Å². The Labute approximate surface area is 47.2 Å². The van der Waals surface area contributed by atoms with Crippen molar-refractivity contribution in [2.75, 3.05) is 0 Å². The quantitative estimate of drug-likeness (QED) is 0.349. The normalized spacial score (nSPS) is 6.33. The molecule has 0 aromatic carbocycles. The summed E-state index contributed by atoms with van der Waals surface area (Å²) in [5.41, 5.74) is 0. The first-order chi connectivity index (χ1) is 2.27. The molecule has 0 atom stereocenters. The van der Waals surface area contributed by atoms with E-state index in [2.05, 4.69) is 12.6 Å². The van der Waals surface area contributed by atoms with Crippen molar-refractivity contribution in [3.63, 3.8) is 0 Å². The smallest absolute Gasteiger partial charge is 0.872 e. The van der Waals surface area contributed by atoms with Crippen LogP contribution in [0.5, 0.6) is 0 Å². The van der Waals surface area contributed by atoms with Crippen LogP contribution < -0.4 is 10.0 Å². The minimum absolute atomic E-state index is 0. The number of hydrogen-bond donors (Lipinski definition) is 0. The van der Waals surface area contributed by atoms with Gasteiger partial charge in [0, 0.05) is 7.32 Å². The van der Waals surface area contributed by atoms with E-state index >= 15 is 0 Å². The monoisotopic (exact) mass is 128 g/mol. The third-order valence-electron chi connectivity index (χ3n) is 0.111. The van der Waals surface area contributed by atoms with Crippen LogP contribution in [-0.2, 0) is 21.1 Å². The first kappa shape index (κ1) is 9.71. The summed E-state index contributed by atoms with van der Waals surface area (Å²) >= 11 is 0. The van der Waals surface area contributed by atoms with E-state index in [4.69, 9.17) is 10.0 Å². The topological polar surface area (TPSA) is 55.3 Å². The van der Waals surface area contributed by atoms with Crippen LogP contribution in [0.4, 0.5) is 0 Å². The van der Waals surface area contributed by atoms with E-state index < -0.39 is 7.32 Å². The zero-order valence-corrected chi connectivity index (χ0v) is 3.68. The first-order valence-electron chi connectivity index (χ1n) is 0.943. The second kappa shape index (κ2) is 5.50. The van der Waals surface area contributed by atoms with Gasteiger partial charge in [-0.05, 0) is 0 Å². The number of rotatable bonds is 1. The van der Waals surface area contributed by atoms with Gasteiger partial charge in [0.15, 0.2) is 0 Å². The van der Waals surface area contributed by atoms with Crippen LogP contribution in [-0.4, -0.2) is 15.4 Å². The van der Waals surface area contributed by atoms with Gasteiger partial charge >= 0.3 is 16.5 Å². The van der Waals surface area contributed by atoms with Gasteiger partial charge in [0.25, 0.3) is 8.05 Å². The van der Waals surface area contributed by atoms with Gasteiger partial charge in [-0.3, -0.25) is 0 Å². The second-order valence-corrected chi connectivity index (χ2v) is 0.425. The van der Waals surface area contributed by atoms with Gasteiger partial charge in [-0.1, -0.05) is 0 Å². The Kier molecular flexibility index (Phi) is 8.91. The van der Waals surface area contributed by atoms with Crippen molar-refractivity contribution in [2.45, 2.75) is 0 Å². The molecular formula is B2NiO3. The molecule has 0 N–H and O–H groups in total. The van der Waals surface area contributed by atoms with Gasteiger partial charge in [0.05, 0.1) is 0 Å². The van der Waals surface area contributed by atoms with Gasteiger partial charge in [0.1, 0.15) is 0 Å². The molecule has 2 radical (unpaired) electrons. The average Bonchev–Trinajstić information content (AvgIpc) is 1.38. The van der Waals surface area contributed by atoms with E-state index in [-0.39, 0.29) is 16.5 Å². The van der Waals surface area contributed by atoms with Gasteiger partial charge in [-0.2, -0.15) is 0 Å². The van der Waals surface area contributed by atoms with Crippen LogP contribution in [0.3, 0.4) is 0 Å². The average molecular weight is 128 g/mol. The summed E-state index contributed by atoms with van der Waals surface area (Å²) in [5, 5.41) is 18.0. The molecule has 0 aliphatic heterocycles. The van der Waals surface area contributed by atoms with Crippen molar-refractivity contribution in [1.82, 2.24) is 0 Å². The predicted octanol–water partition coefficient (Wildman–Crippen LogP) is -3.21. The molecule has 0 bridgehead atoms. The summed E-state index contributed by atoms with van der Waals surface area (Å²) in [7, 11) is 1.71. The molecule has 0 fully saturated rings. The van der Waals surface area contributed by atoms with Gasteiger partial charge in [-0.15, -0.1) is 0 Å². The Morgan fingerprint density at radius 3 is 1.67 bits per heavy atom. The Morgan fingerprint density at radius 1 is 1.50 bits per heavy atom. The Hall–Kier alpha value is 0.503. The maximum Gasteiger partial charge on any atom is 2.00 e. The maximum absolute atomic E-state index is 8.99. The van der Waals surface area contributed by atoms with E-state index in [1.54, 1.807) is 0 Å². The summed E-state index contributed by atoms with van der Waals surface area (Å²) in [5.74, 6) is 0. The molecule has 0 spiro atoms. The third-order valence-corrected chi connectivity index (χ3v) is 0.111. The van der Waals surface area contributed by atoms with Crippen molar-refractivity contribution in [3.8, 4) is 0 Å². The van der Waals surface area contributed by atoms with Gasteiger partial charge in [0.2, 0.25) is 0 Å². The van der Waals surface area contributed by atoms with Crippen LogP contribution in [0.25, 0.3) is 0 Å². The Morgan fingerprint density at radius 2 is 1.67 bits per heavy atom. The van der Waals surface area contributed by atoms with Crippen LogP contribution in [0.2, 0.25) is 0 Å². The standard InChI is InChI=1S/B2O3.Ni/c1-5-2(3)4;/q-2;+2. The van der Waals surface area contributed by atoms with E-state index in [1.807, 2.05) is 0 Å². The van der Waals surface area contributed by atoms with Gasteiger partial charge in [-0.25, -0.2) is 0 Å². The molecule has 34 valence electrons. The van der Waals surface area contributed by atoms with Crippen molar-refractivity contribution < 1.29 is 31.1 Å². The summed E-state index contributed by atoms with van der Waals surface area (Å²) < 4.78 is 3.14. The molecule has 6 heteroatoms. The minimum Gasteiger partial charge on any atom is -0.872 e. The zero-order valence-electron chi connectivity index (χ0n) is 2.70. The van der Waals surface area contributed by atoms with E-state index in [1.165, 1.54) is 0 Å². The fourth-order valence-electron chi connectivity index (χ4n) is 0. The molecule has 0 amide bonds. The molecule has 0 unspecified atom stereocenters. The van der Waals surface area contributed by atoms with Crippen molar-refractivity contribution in [1.29, 1.82) is 0 Å². The SMILES string of the molecule is [B]OB([O-])[O-].[Ni+2]. The summed E-state index contributed by atoms with van der Waals surface area (Å²) in [6.07, 6.45) is 0. The summed E-state index contributed by atoms with van der Waals surface area (Å²) in [4.78, 5) is 0. The molecular weight excluding hydrogens is 128 g/mol. The Balaban J connectivity index is 0. The first-order valence-corrected chi connectivity index (χ1v) is 0.943. The van der Waals surface area contributed by atoms with Gasteiger partial charge < -0.3 is 14.6 Å². The molecule has 6 heavy (non-hydrogen) atoms. The number of hydrogen-bond acceptors (Lipinski definition) is 3. The maximum atomic E-state index is 8.99. The fourth-order valence-corrected chi connectivity index (χ4v) is 0. The van der Waals surface area contributed by atoms with Crippen molar-refractivity contribution in [2.24, 2.45) is 0 Å². The molecule has 0 heterocycles. The second-order valence-electron chi connectivity index (χ2n) is 0.425. The summed E-state index contributed by atoms with van der Waals surface area (Å²) in [6.45, 7) is 0. The van der Waals surface area contributed by atoms with Crippen LogP contribution in [0.15, 0.2) is 0 Å². The molecule has 0 rings (SSSR count). The van der Waals surface area contributed by atoms with E-state index in [9.17, 15) is 0 Å². The Bertz CT molecular complexity index is 22.8. The molecule has 0 aliphatic carbocycles. The molecule has 0 saturated heterocycles. The molecule has 0 aliphatic rings. The van der Waals surface area contributed by atoms with E-state index in [0.29, 0.717) is 0 Å². The van der Waals surface area contributed by atoms with Crippen molar-refractivity contribution in [3.05, 3.63) is 0 Å². The molecule has 0 aromatic rings. The zero-order chi connectivity index (χ0) is 4.28. The van der Waals surface area contributed by atoms with E-state index in [0.717, 1.165) is 0 Å². The summed E-state index contributed by atoms with van der Waals surface area (Å²) in [6, 6.07) is 0. The van der Waals surface area contributed by atoms with Crippen molar-refractivity contribution >= 4 is 15.4 Å². The largest absolute Gasteiger partial charge is 2.00 e. The minimum atomic E-state index is -2.34. The fraction of sp³-hybridized carbons (Fsp3) is 0. The molecule has 0 aromatic heterocycles. The molecule has 0 saturated carbocycles. The predicted molar refractivity (Wildman–Crippen MR) is 12.6 cm³/mol. The molecule has 3 nitrogen and oxygen atoms in total. The van der Waals surface area contributed by atoms with Crippen LogP contribution in [0, 0.1) is 0 Å². The third kappa shape index (κ3) is 8.82. The van der Waals surface area contributed by atoms with Crippen LogP contribution >= 0.6 is 0 Å².